The number of benzene rings is 1. The summed E-state index contributed by atoms with van der Waals surface area (Å²) in [7, 11) is 0. The van der Waals surface area contributed by atoms with Gasteiger partial charge in [-0.2, -0.15) is 0 Å². The molecule has 3 heteroatoms. The van der Waals surface area contributed by atoms with Crippen molar-refractivity contribution >= 4 is 27.4 Å². The topological polar surface area (TPSA) is 20.3 Å². The summed E-state index contributed by atoms with van der Waals surface area (Å²) in [6, 6.07) is 5.98. The van der Waals surface area contributed by atoms with E-state index in [-0.39, 0.29) is 5.78 Å². The molecule has 0 N–H and O–H groups in total. The predicted molar refractivity (Wildman–Crippen MR) is 76.9 cm³/mol. The van der Waals surface area contributed by atoms with E-state index in [1.165, 1.54) is 5.69 Å². The van der Waals surface area contributed by atoms with Gasteiger partial charge >= 0.3 is 0 Å². The minimum Gasteiger partial charge on any atom is -0.372 e. The van der Waals surface area contributed by atoms with Gasteiger partial charge in [-0.25, -0.2) is 0 Å². The molecule has 1 rings (SSSR count). The van der Waals surface area contributed by atoms with Crippen molar-refractivity contribution in [3.63, 3.8) is 0 Å². The molecule has 0 unspecified atom stereocenters. The van der Waals surface area contributed by atoms with E-state index in [1.807, 2.05) is 18.2 Å². The standard InChI is InChI=1S/C14H20BrNO/c1-4-8-16(9-5-2)12-6-7-13(11(3)17)14(15)10-12/h6-7,10H,4-5,8-9H2,1-3H3. The normalized spacial score (nSPS) is 10.4. The van der Waals surface area contributed by atoms with Crippen LogP contribution in [-0.4, -0.2) is 18.9 Å². The molecule has 0 radical (unpaired) electrons. The Morgan fingerprint density at radius 1 is 1.24 bits per heavy atom. The van der Waals surface area contributed by atoms with Crippen LogP contribution >= 0.6 is 15.9 Å². The van der Waals surface area contributed by atoms with Crippen LogP contribution in [0.1, 0.15) is 44.0 Å². The van der Waals surface area contributed by atoms with Gasteiger partial charge in [0.1, 0.15) is 0 Å². The first-order valence-electron chi connectivity index (χ1n) is 6.15. The molecule has 0 atom stereocenters. The minimum atomic E-state index is 0.0981. The van der Waals surface area contributed by atoms with Gasteiger partial charge in [-0.05, 0) is 53.9 Å². The first-order chi connectivity index (χ1) is 8.10. The van der Waals surface area contributed by atoms with Crippen LogP contribution in [0.5, 0.6) is 0 Å². The Kier molecular flexibility index (Phi) is 5.69. The Labute approximate surface area is 112 Å². The third-order valence-corrected chi connectivity index (χ3v) is 3.34. The van der Waals surface area contributed by atoms with Crippen molar-refractivity contribution < 1.29 is 4.79 Å². The molecule has 1 aromatic rings. The van der Waals surface area contributed by atoms with Gasteiger partial charge in [-0.3, -0.25) is 4.79 Å². The van der Waals surface area contributed by atoms with Crippen LogP contribution < -0.4 is 4.90 Å². The molecule has 0 aromatic heterocycles. The van der Waals surface area contributed by atoms with Crippen molar-refractivity contribution in [1.29, 1.82) is 0 Å². The van der Waals surface area contributed by atoms with Crippen molar-refractivity contribution in [2.45, 2.75) is 33.6 Å². The van der Waals surface area contributed by atoms with Crippen molar-refractivity contribution in [2.75, 3.05) is 18.0 Å². The molecule has 0 saturated carbocycles. The fourth-order valence-electron chi connectivity index (χ4n) is 1.90. The lowest BCUT2D eigenvalue weighted by Gasteiger charge is -2.24. The molecule has 0 heterocycles. The van der Waals surface area contributed by atoms with Crippen molar-refractivity contribution in [2.24, 2.45) is 0 Å². The third-order valence-electron chi connectivity index (χ3n) is 2.68. The number of anilines is 1. The highest BCUT2D eigenvalue weighted by atomic mass is 79.9. The van der Waals surface area contributed by atoms with E-state index >= 15 is 0 Å². The maximum Gasteiger partial charge on any atom is 0.160 e. The van der Waals surface area contributed by atoms with E-state index in [9.17, 15) is 4.79 Å². The number of ketones is 1. The zero-order valence-electron chi connectivity index (χ0n) is 10.8. The van der Waals surface area contributed by atoms with Crippen LogP contribution in [0.3, 0.4) is 0 Å². The summed E-state index contributed by atoms with van der Waals surface area (Å²) in [5, 5.41) is 0. The SMILES string of the molecule is CCCN(CCC)c1ccc(C(C)=O)c(Br)c1. The summed E-state index contributed by atoms with van der Waals surface area (Å²) < 4.78 is 0.889. The maximum absolute atomic E-state index is 11.4. The number of rotatable bonds is 6. The highest BCUT2D eigenvalue weighted by molar-refractivity contribution is 9.10. The average molecular weight is 298 g/mol. The number of hydrogen-bond acceptors (Lipinski definition) is 2. The Balaban J connectivity index is 2.97. The Morgan fingerprint density at radius 3 is 2.24 bits per heavy atom. The zero-order valence-corrected chi connectivity index (χ0v) is 12.4. The van der Waals surface area contributed by atoms with Gasteiger partial charge in [0, 0.05) is 28.8 Å². The lowest BCUT2D eigenvalue weighted by atomic mass is 10.1. The molecule has 0 saturated heterocycles. The number of hydrogen-bond donors (Lipinski definition) is 0. The fraction of sp³-hybridized carbons (Fsp3) is 0.500. The van der Waals surface area contributed by atoms with Gasteiger partial charge in [0.2, 0.25) is 0 Å². The molecule has 0 aliphatic rings. The van der Waals surface area contributed by atoms with Gasteiger partial charge in [-0.1, -0.05) is 13.8 Å². The molecule has 17 heavy (non-hydrogen) atoms. The van der Waals surface area contributed by atoms with Crippen LogP contribution in [0.2, 0.25) is 0 Å². The highest BCUT2D eigenvalue weighted by Gasteiger charge is 2.09. The van der Waals surface area contributed by atoms with Gasteiger partial charge < -0.3 is 4.90 Å². The summed E-state index contributed by atoms with van der Waals surface area (Å²) in [6.07, 6.45) is 2.26. The number of carbonyl (C=O) groups excluding carboxylic acids is 1. The van der Waals surface area contributed by atoms with E-state index in [1.54, 1.807) is 6.92 Å². The Bertz CT molecular complexity index is 384. The van der Waals surface area contributed by atoms with Crippen LogP contribution in [0, 0.1) is 0 Å². The Hall–Kier alpha value is -0.830. The first-order valence-corrected chi connectivity index (χ1v) is 6.94. The van der Waals surface area contributed by atoms with Crippen molar-refractivity contribution in [3.8, 4) is 0 Å². The maximum atomic E-state index is 11.4. The third kappa shape index (κ3) is 3.84. The number of carbonyl (C=O) groups is 1. The predicted octanol–water partition coefficient (Wildman–Crippen LogP) is 4.28. The van der Waals surface area contributed by atoms with E-state index < -0.39 is 0 Å². The molecule has 0 bridgehead atoms. The zero-order chi connectivity index (χ0) is 12.8. The molecular weight excluding hydrogens is 278 g/mol. The molecule has 0 aliphatic carbocycles. The summed E-state index contributed by atoms with van der Waals surface area (Å²) in [5.74, 6) is 0.0981. The molecule has 94 valence electrons. The second-order valence-corrected chi connectivity index (χ2v) is 5.06. The second kappa shape index (κ2) is 6.80. The molecule has 0 amide bonds. The summed E-state index contributed by atoms with van der Waals surface area (Å²) in [5.41, 5.74) is 1.94. The lowest BCUT2D eigenvalue weighted by molar-refractivity contribution is 0.101. The van der Waals surface area contributed by atoms with E-state index in [2.05, 4.69) is 34.7 Å². The fourth-order valence-corrected chi connectivity index (χ4v) is 2.54. The van der Waals surface area contributed by atoms with E-state index in [0.717, 1.165) is 36.0 Å². The number of halogens is 1. The average Bonchev–Trinajstić information content (AvgIpc) is 2.28. The smallest absolute Gasteiger partial charge is 0.160 e. The highest BCUT2D eigenvalue weighted by Crippen LogP contribution is 2.25. The van der Waals surface area contributed by atoms with E-state index in [0.29, 0.717) is 0 Å². The quantitative estimate of drug-likeness (QED) is 0.731. The largest absolute Gasteiger partial charge is 0.372 e. The number of Topliss-reactive ketones (excluding diaryl/α,β-unsaturated/α-hetero) is 1. The van der Waals surface area contributed by atoms with E-state index in [4.69, 9.17) is 0 Å². The molecule has 0 spiro atoms. The molecule has 0 fully saturated rings. The van der Waals surface area contributed by atoms with Crippen LogP contribution in [0.15, 0.2) is 22.7 Å². The first kappa shape index (κ1) is 14.2. The Morgan fingerprint density at radius 2 is 1.82 bits per heavy atom. The molecule has 2 nitrogen and oxygen atoms in total. The van der Waals surface area contributed by atoms with Crippen LogP contribution in [0.4, 0.5) is 5.69 Å². The summed E-state index contributed by atoms with van der Waals surface area (Å²) in [4.78, 5) is 13.7. The van der Waals surface area contributed by atoms with Crippen LogP contribution in [-0.2, 0) is 0 Å². The lowest BCUT2D eigenvalue weighted by Crippen LogP contribution is -2.24. The molecule has 0 aliphatic heterocycles. The molecular formula is C14H20BrNO. The minimum absolute atomic E-state index is 0.0981. The van der Waals surface area contributed by atoms with Gasteiger partial charge in [0.15, 0.2) is 5.78 Å². The van der Waals surface area contributed by atoms with Crippen molar-refractivity contribution in [3.05, 3.63) is 28.2 Å². The summed E-state index contributed by atoms with van der Waals surface area (Å²) in [6.45, 7) is 8.07. The monoisotopic (exact) mass is 297 g/mol. The van der Waals surface area contributed by atoms with Gasteiger partial charge in [-0.15, -0.1) is 0 Å². The summed E-state index contributed by atoms with van der Waals surface area (Å²) >= 11 is 3.47. The number of nitrogens with zero attached hydrogens (tertiary/aromatic N) is 1. The van der Waals surface area contributed by atoms with Gasteiger partial charge in [0.05, 0.1) is 0 Å². The van der Waals surface area contributed by atoms with Crippen LogP contribution in [0.25, 0.3) is 0 Å². The van der Waals surface area contributed by atoms with Crippen molar-refractivity contribution in [1.82, 2.24) is 0 Å². The van der Waals surface area contributed by atoms with Gasteiger partial charge in [0.25, 0.3) is 0 Å². The molecule has 1 aromatic carbocycles. The second-order valence-electron chi connectivity index (χ2n) is 4.21.